The van der Waals surface area contributed by atoms with Gasteiger partial charge in [0, 0.05) is 26.1 Å². The zero-order valence-corrected chi connectivity index (χ0v) is 21.4. The molecule has 6 aliphatic carbocycles. The highest BCUT2D eigenvalue weighted by molar-refractivity contribution is 5.73. The minimum Gasteiger partial charge on any atom is -0.380 e. The second kappa shape index (κ2) is 7.65. The van der Waals surface area contributed by atoms with E-state index in [2.05, 4.69) is 111 Å². The maximum absolute atomic E-state index is 6.37. The van der Waals surface area contributed by atoms with Crippen LogP contribution < -0.4 is 0 Å². The van der Waals surface area contributed by atoms with Crippen molar-refractivity contribution in [1.29, 1.82) is 0 Å². The molecule has 6 aliphatic rings. The van der Waals surface area contributed by atoms with E-state index in [1.807, 2.05) is 14.2 Å². The zero-order chi connectivity index (χ0) is 24.7. The summed E-state index contributed by atoms with van der Waals surface area (Å²) in [6, 6.07) is 36.6. The van der Waals surface area contributed by atoms with E-state index in [9.17, 15) is 0 Å². The van der Waals surface area contributed by atoms with Gasteiger partial charge in [-0.3, -0.25) is 0 Å². The molecule has 2 nitrogen and oxygen atoms in total. The summed E-state index contributed by atoms with van der Waals surface area (Å²) in [6.07, 6.45) is -0.0883. The Hall–Kier alpha value is -3.20. The summed E-state index contributed by atoms with van der Waals surface area (Å²) < 4.78 is 12.7. The summed E-state index contributed by atoms with van der Waals surface area (Å²) in [5.41, 5.74) is 10.4. The maximum atomic E-state index is 6.37. The highest BCUT2D eigenvalue weighted by Crippen LogP contribution is 2.70. The van der Waals surface area contributed by atoms with Crippen LogP contribution in [0.4, 0.5) is 0 Å². The van der Waals surface area contributed by atoms with Gasteiger partial charge in [0.1, 0.15) is 0 Å². The van der Waals surface area contributed by atoms with Crippen LogP contribution in [-0.2, 0) is 20.3 Å². The SMILES string of the molecule is COC(C)C12c3ccccc3C(c3ccccc31)C1(C(C)OC)c3ccccc3C2c2ccccc21. The Morgan fingerprint density at radius 3 is 0.972 bits per heavy atom. The van der Waals surface area contributed by atoms with Crippen LogP contribution >= 0.6 is 0 Å². The molecule has 2 unspecified atom stereocenters. The van der Waals surface area contributed by atoms with Crippen LogP contribution in [0.3, 0.4) is 0 Å². The van der Waals surface area contributed by atoms with Gasteiger partial charge in [-0.1, -0.05) is 97.1 Å². The first-order valence-corrected chi connectivity index (χ1v) is 13.1. The molecule has 2 atom stereocenters. The lowest BCUT2D eigenvalue weighted by atomic mass is 9.41. The third kappa shape index (κ3) is 2.31. The van der Waals surface area contributed by atoms with Gasteiger partial charge in [-0.15, -0.1) is 0 Å². The Morgan fingerprint density at radius 2 is 0.722 bits per heavy atom. The zero-order valence-electron chi connectivity index (χ0n) is 21.4. The molecule has 10 rings (SSSR count). The molecule has 0 saturated carbocycles. The molecule has 36 heavy (non-hydrogen) atoms. The minimum absolute atomic E-state index is 0.0442. The third-order valence-corrected chi connectivity index (χ3v) is 9.77. The van der Waals surface area contributed by atoms with Gasteiger partial charge in [0.25, 0.3) is 0 Å². The summed E-state index contributed by atoms with van der Waals surface area (Å²) in [7, 11) is 3.74. The highest BCUT2D eigenvalue weighted by atomic mass is 16.5. The molecular weight excluding hydrogens is 440 g/mol. The Labute approximate surface area is 213 Å². The largest absolute Gasteiger partial charge is 0.380 e. The molecule has 0 saturated heterocycles. The fourth-order valence-corrected chi connectivity index (χ4v) is 8.45. The van der Waals surface area contributed by atoms with Crippen LogP contribution in [0.1, 0.15) is 70.2 Å². The van der Waals surface area contributed by atoms with E-state index in [1.54, 1.807) is 0 Å². The number of rotatable bonds is 4. The van der Waals surface area contributed by atoms with Gasteiger partial charge in [0.05, 0.1) is 23.0 Å². The van der Waals surface area contributed by atoms with Crippen molar-refractivity contribution in [3.8, 4) is 0 Å². The number of ether oxygens (including phenoxy) is 2. The summed E-state index contributed by atoms with van der Waals surface area (Å²) in [5, 5.41) is 0. The third-order valence-electron chi connectivity index (χ3n) is 9.77. The van der Waals surface area contributed by atoms with E-state index in [1.165, 1.54) is 44.5 Å². The van der Waals surface area contributed by atoms with Crippen molar-refractivity contribution in [2.75, 3.05) is 14.2 Å². The second-order valence-corrected chi connectivity index (χ2v) is 10.7. The average molecular weight is 473 g/mol. The van der Waals surface area contributed by atoms with Gasteiger partial charge < -0.3 is 9.47 Å². The fraction of sp³-hybridized carbons (Fsp3) is 0.294. The first kappa shape index (κ1) is 22.0. The van der Waals surface area contributed by atoms with Crippen LogP contribution in [0.15, 0.2) is 97.1 Å². The number of hydrogen-bond donors (Lipinski definition) is 0. The van der Waals surface area contributed by atoms with Gasteiger partial charge in [0.2, 0.25) is 0 Å². The predicted octanol–water partition coefficient (Wildman–Crippen LogP) is 6.93. The topological polar surface area (TPSA) is 18.5 Å². The molecule has 0 fully saturated rings. The number of benzene rings is 4. The van der Waals surface area contributed by atoms with Gasteiger partial charge in [-0.05, 0) is 58.4 Å². The molecule has 180 valence electrons. The van der Waals surface area contributed by atoms with Crippen LogP contribution in [0.25, 0.3) is 0 Å². The van der Waals surface area contributed by atoms with Crippen molar-refractivity contribution in [2.45, 2.75) is 48.7 Å². The molecule has 0 spiro atoms. The number of hydrogen-bond acceptors (Lipinski definition) is 2. The van der Waals surface area contributed by atoms with E-state index in [4.69, 9.17) is 9.47 Å². The summed E-state index contributed by atoms with van der Waals surface area (Å²) in [4.78, 5) is 0. The minimum atomic E-state index is -0.368. The first-order valence-electron chi connectivity index (χ1n) is 13.1. The van der Waals surface area contributed by atoms with Crippen molar-refractivity contribution in [1.82, 2.24) is 0 Å². The molecule has 0 amide bonds. The maximum Gasteiger partial charge on any atom is 0.0689 e. The smallest absolute Gasteiger partial charge is 0.0689 e. The van der Waals surface area contributed by atoms with Crippen molar-refractivity contribution < 1.29 is 9.47 Å². The van der Waals surface area contributed by atoms with Crippen LogP contribution in [0.5, 0.6) is 0 Å². The van der Waals surface area contributed by atoms with E-state index in [0.717, 1.165) is 0 Å². The Morgan fingerprint density at radius 1 is 0.472 bits per heavy atom. The molecule has 0 aromatic heterocycles. The highest BCUT2D eigenvalue weighted by Gasteiger charge is 2.65. The Kier molecular flexibility index (Phi) is 4.68. The van der Waals surface area contributed by atoms with Gasteiger partial charge in [-0.2, -0.15) is 0 Å². The van der Waals surface area contributed by atoms with Crippen LogP contribution in [0.2, 0.25) is 0 Å². The van der Waals surface area contributed by atoms with E-state index in [0.29, 0.717) is 0 Å². The Balaban J connectivity index is 1.80. The van der Waals surface area contributed by atoms with E-state index >= 15 is 0 Å². The van der Waals surface area contributed by atoms with Gasteiger partial charge >= 0.3 is 0 Å². The second-order valence-electron chi connectivity index (χ2n) is 10.7. The summed E-state index contributed by atoms with van der Waals surface area (Å²) >= 11 is 0. The fourth-order valence-electron chi connectivity index (χ4n) is 8.45. The quantitative estimate of drug-likeness (QED) is 0.321. The van der Waals surface area contributed by atoms with Gasteiger partial charge in [-0.25, -0.2) is 0 Å². The molecule has 4 aromatic rings. The van der Waals surface area contributed by atoms with Crippen LogP contribution in [-0.4, -0.2) is 26.4 Å². The molecular formula is C34H32O2. The van der Waals surface area contributed by atoms with Crippen molar-refractivity contribution in [2.24, 2.45) is 0 Å². The molecule has 4 bridgehead atoms. The molecule has 2 heteroatoms. The molecule has 4 aromatic carbocycles. The van der Waals surface area contributed by atoms with Crippen molar-refractivity contribution in [3.63, 3.8) is 0 Å². The Bertz CT molecular complexity index is 1280. The van der Waals surface area contributed by atoms with E-state index in [-0.39, 0.29) is 34.9 Å². The lowest BCUT2D eigenvalue weighted by molar-refractivity contribution is 0.0298. The van der Waals surface area contributed by atoms with Gasteiger partial charge in [0.15, 0.2) is 0 Å². The monoisotopic (exact) mass is 472 g/mol. The van der Waals surface area contributed by atoms with Crippen LogP contribution in [0, 0.1) is 0 Å². The molecule has 0 N–H and O–H groups in total. The first-order chi connectivity index (χ1) is 17.6. The standard InChI is InChI=1S/C34H32O2/c1-21(35-3)33-27-17-9-5-13-23(27)32(24-14-6-10-18-28(24)33)34(22(2)36-4)29-19-11-7-15-25(29)31(33)26-16-8-12-20-30(26)34/h5-22,31-32H,1-4H3. The summed E-state index contributed by atoms with van der Waals surface area (Å²) in [5.74, 6) is 0.223. The molecule has 0 radical (unpaired) electrons. The van der Waals surface area contributed by atoms with E-state index < -0.39 is 0 Å². The lowest BCUT2D eigenvalue weighted by Crippen LogP contribution is -2.60. The molecule has 0 aliphatic heterocycles. The normalized spacial score (nSPS) is 28.2. The molecule has 0 heterocycles. The lowest BCUT2D eigenvalue weighted by Gasteiger charge is -2.62. The summed E-state index contributed by atoms with van der Waals surface area (Å²) in [6.45, 7) is 4.53. The average Bonchev–Trinajstić information content (AvgIpc) is 2.93. The predicted molar refractivity (Wildman–Crippen MR) is 144 cm³/mol. The number of methoxy groups -OCH3 is 2. The van der Waals surface area contributed by atoms with Crippen molar-refractivity contribution >= 4 is 0 Å². The van der Waals surface area contributed by atoms with Crippen molar-refractivity contribution in [3.05, 3.63) is 142 Å².